The molecule has 2 aliphatic heterocycles. The maximum atomic E-state index is 12.5. The van der Waals surface area contributed by atoms with E-state index in [-0.39, 0.29) is 17.9 Å². The summed E-state index contributed by atoms with van der Waals surface area (Å²) in [6, 6.07) is 13.6. The lowest BCUT2D eigenvalue weighted by Gasteiger charge is -2.32. The van der Waals surface area contributed by atoms with Crippen LogP contribution in [0.2, 0.25) is 0 Å². The average Bonchev–Trinajstić information content (AvgIpc) is 3.41. The summed E-state index contributed by atoms with van der Waals surface area (Å²) in [5, 5.41) is 11.8. The molecular formula is C33H41N5O5. The van der Waals surface area contributed by atoms with E-state index in [1.54, 1.807) is 17.0 Å². The van der Waals surface area contributed by atoms with Gasteiger partial charge in [-0.15, -0.1) is 10.2 Å². The Hall–Kier alpha value is -3.92. The van der Waals surface area contributed by atoms with Crippen LogP contribution in [0.25, 0.3) is 11.5 Å². The highest BCUT2D eigenvalue weighted by Gasteiger charge is 2.30. The zero-order valence-corrected chi connectivity index (χ0v) is 25.3. The van der Waals surface area contributed by atoms with Gasteiger partial charge in [0.25, 0.3) is 5.91 Å². The zero-order valence-electron chi connectivity index (χ0n) is 25.3. The van der Waals surface area contributed by atoms with Gasteiger partial charge in [-0.25, -0.2) is 4.79 Å². The molecule has 2 saturated heterocycles. The van der Waals surface area contributed by atoms with E-state index >= 15 is 0 Å². The number of hydrogen-bond acceptors (Lipinski definition) is 8. The Bertz CT molecular complexity index is 1430. The van der Waals surface area contributed by atoms with Crippen molar-refractivity contribution in [2.75, 3.05) is 26.2 Å². The van der Waals surface area contributed by atoms with E-state index in [0.29, 0.717) is 42.2 Å². The van der Waals surface area contributed by atoms with Crippen molar-refractivity contribution < 1.29 is 23.5 Å². The molecule has 1 N–H and O–H groups in total. The Morgan fingerprint density at radius 2 is 1.67 bits per heavy atom. The van der Waals surface area contributed by atoms with E-state index in [0.717, 1.165) is 62.2 Å². The molecule has 1 saturated carbocycles. The number of ether oxygens (including phenoxy) is 2. The summed E-state index contributed by atoms with van der Waals surface area (Å²) in [6.07, 6.45) is 5.71. The maximum absolute atomic E-state index is 12.5. The van der Waals surface area contributed by atoms with E-state index in [1.165, 1.54) is 12.8 Å². The van der Waals surface area contributed by atoms with Crippen LogP contribution in [0.3, 0.4) is 0 Å². The van der Waals surface area contributed by atoms with Crippen LogP contribution in [0.4, 0.5) is 4.79 Å². The van der Waals surface area contributed by atoms with Gasteiger partial charge in [-0.2, -0.15) is 0 Å². The second kappa shape index (κ2) is 12.4. The van der Waals surface area contributed by atoms with Crippen LogP contribution in [0.15, 0.2) is 46.9 Å². The average molecular weight is 588 g/mol. The van der Waals surface area contributed by atoms with Gasteiger partial charge in [-0.3, -0.25) is 9.69 Å². The molecule has 1 aromatic heterocycles. The molecule has 0 unspecified atom stereocenters. The molecule has 3 fully saturated rings. The highest BCUT2D eigenvalue weighted by atomic mass is 16.6. The van der Waals surface area contributed by atoms with E-state index in [1.807, 2.05) is 45.0 Å². The number of nitrogens with zero attached hydrogens (tertiary/aromatic N) is 4. The number of amides is 2. The van der Waals surface area contributed by atoms with Gasteiger partial charge < -0.3 is 24.1 Å². The van der Waals surface area contributed by atoms with Crippen molar-refractivity contribution in [3.63, 3.8) is 0 Å². The SMILES string of the molecule is CC(C)(C)OC(=O)N1CCC(c2nnc(-c3ccc(CN4CCCC4)c(Oc4ccc(C(=O)NC5CC5)cc4)c3)o2)CC1. The summed E-state index contributed by atoms with van der Waals surface area (Å²) in [5.74, 6) is 2.45. The summed E-state index contributed by atoms with van der Waals surface area (Å²) < 4.78 is 18.1. The minimum absolute atomic E-state index is 0.0477. The molecule has 3 aliphatic rings. The summed E-state index contributed by atoms with van der Waals surface area (Å²) in [7, 11) is 0. The van der Waals surface area contributed by atoms with E-state index in [9.17, 15) is 9.59 Å². The van der Waals surface area contributed by atoms with Crippen LogP contribution < -0.4 is 10.1 Å². The van der Waals surface area contributed by atoms with E-state index < -0.39 is 5.60 Å². The van der Waals surface area contributed by atoms with Crippen molar-refractivity contribution in [1.29, 1.82) is 0 Å². The molecule has 6 rings (SSSR count). The Balaban J connectivity index is 1.16. The number of rotatable bonds is 8. The van der Waals surface area contributed by atoms with Gasteiger partial charge in [-0.1, -0.05) is 6.07 Å². The monoisotopic (exact) mass is 587 g/mol. The first kappa shape index (κ1) is 29.2. The summed E-state index contributed by atoms with van der Waals surface area (Å²) >= 11 is 0. The van der Waals surface area contributed by atoms with Gasteiger partial charge in [0.2, 0.25) is 11.8 Å². The number of likely N-dealkylation sites (tertiary alicyclic amines) is 2. The van der Waals surface area contributed by atoms with Crippen LogP contribution in [0.5, 0.6) is 11.5 Å². The fourth-order valence-corrected chi connectivity index (χ4v) is 5.54. The highest BCUT2D eigenvalue weighted by molar-refractivity contribution is 5.94. The third kappa shape index (κ3) is 7.54. The molecule has 2 amide bonds. The first-order valence-corrected chi connectivity index (χ1v) is 15.5. The Morgan fingerprint density at radius 3 is 2.35 bits per heavy atom. The minimum Gasteiger partial charge on any atom is -0.457 e. The molecule has 3 heterocycles. The van der Waals surface area contributed by atoms with E-state index in [2.05, 4.69) is 26.5 Å². The van der Waals surface area contributed by atoms with Gasteiger partial charge in [0, 0.05) is 48.3 Å². The molecule has 3 aromatic rings. The van der Waals surface area contributed by atoms with Crippen LogP contribution >= 0.6 is 0 Å². The first-order valence-electron chi connectivity index (χ1n) is 15.5. The van der Waals surface area contributed by atoms with Gasteiger partial charge in [0.15, 0.2) is 0 Å². The van der Waals surface area contributed by atoms with Gasteiger partial charge >= 0.3 is 6.09 Å². The lowest BCUT2D eigenvalue weighted by atomic mass is 9.97. The van der Waals surface area contributed by atoms with Crippen molar-refractivity contribution in [2.24, 2.45) is 0 Å². The predicted molar refractivity (Wildman–Crippen MR) is 161 cm³/mol. The van der Waals surface area contributed by atoms with Crippen LogP contribution in [-0.4, -0.2) is 69.8 Å². The normalized spacial score (nSPS) is 18.1. The van der Waals surface area contributed by atoms with Crippen LogP contribution in [0, 0.1) is 0 Å². The molecule has 2 aromatic carbocycles. The van der Waals surface area contributed by atoms with E-state index in [4.69, 9.17) is 13.9 Å². The van der Waals surface area contributed by atoms with Gasteiger partial charge in [-0.05, 0) is 109 Å². The quantitative estimate of drug-likeness (QED) is 0.335. The Labute approximate surface area is 252 Å². The second-order valence-electron chi connectivity index (χ2n) is 12.9. The van der Waals surface area contributed by atoms with Crippen molar-refractivity contribution in [3.05, 3.63) is 59.5 Å². The smallest absolute Gasteiger partial charge is 0.410 e. The number of carbonyl (C=O) groups is 2. The molecule has 43 heavy (non-hydrogen) atoms. The van der Waals surface area contributed by atoms with Gasteiger partial charge in [0.05, 0.1) is 0 Å². The lowest BCUT2D eigenvalue weighted by molar-refractivity contribution is 0.0199. The number of piperidine rings is 1. The molecule has 0 spiro atoms. The van der Waals surface area contributed by atoms with Crippen LogP contribution in [-0.2, 0) is 11.3 Å². The standard InChI is InChI=1S/C33H41N5O5/c1-33(2,3)43-32(40)38-18-14-23(15-19-38)30-35-36-31(42-30)24-6-7-25(21-37-16-4-5-17-37)28(20-24)41-27-12-8-22(9-13-27)29(39)34-26-10-11-26/h6-9,12-13,20,23,26H,4-5,10-11,14-19,21H2,1-3H3,(H,34,39). The molecule has 0 atom stereocenters. The molecule has 1 aliphatic carbocycles. The number of hydrogen-bond donors (Lipinski definition) is 1. The van der Waals surface area contributed by atoms with Gasteiger partial charge in [0.1, 0.15) is 17.1 Å². The first-order chi connectivity index (χ1) is 20.7. The maximum Gasteiger partial charge on any atom is 0.410 e. The minimum atomic E-state index is -0.516. The molecular weight excluding hydrogens is 546 g/mol. The predicted octanol–water partition coefficient (Wildman–Crippen LogP) is 6.13. The molecule has 10 heteroatoms. The molecule has 0 radical (unpaired) electrons. The molecule has 10 nitrogen and oxygen atoms in total. The summed E-state index contributed by atoms with van der Waals surface area (Å²) in [6.45, 7) is 9.74. The number of aromatic nitrogens is 2. The van der Waals surface area contributed by atoms with Crippen molar-refractivity contribution >= 4 is 12.0 Å². The fourth-order valence-electron chi connectivity index (χ4n) is 5.54. The number of benzene rings is 2. The third-order valence-corrected chi connectivity index (χ3v) is 8.10. The number of carbonyl (C=O) groups excluding carboxylic acids is 2. The Kier molecular flexibility index (Phi) is 8.38. The topological polar surface area (TPSA) is 110 Å². The zero-order chi connectivity index (χ0) is 30.0. The Morgan fingerprint density at radius 1 is 0.953 bits per heavy atom. The van der Waals surface area contributed by atoms with Crippen molar-refractivity contribution in [1.82, 2.24) is 25.3 Å². The van der Waals surface area contributed by atoms with Crippen molar-refractivity contribution in [3.8, 4) is 23.0 Å². The highest BCUT2D eigenvalue weighted by Crippen LogP contribution is 2.34. The number of nitrogens with one attached hydrogen (secondary N) is 1. The summed E-state index contributed by atoms with van der Waals surface area (Å²) in [5.41, 5.74) is 1.97. The lowest BCUT2D eigenvalue weighted by Crippen LogP contribution is -2.41. The third-order valence-electron chi connectivity index (χ3n) is 8.10. The fraction of sp³-hybridized carbons (Fsp3) is 0.515. The largest absolute Gasteiger partial charge is 0.457 e. The molecule has 0 bridgehead atoms. The summed E-state index contributed by atoms with van der Waals surface area (Å²) in [4.78, 5) is 29.0. The van der Waals surface area contributed by atoms with Crippen LogP contribution in [0.1, 0.15) is 87.0 Å². The molecule has 228 valence electrons. The second-order valence-corrected chi connectivity index (χ2v) is 12.9. The van der Waals surface area contributed by atoms with Crippen molar-refractivity contribution in [2.45, 2.75) is 83.4 Å².